The molecule has 1 N–H and O–H groups in total. The Hall–Kier alpha value is -1.82. The molecule has 21 heavy (non-hydrogen) atoms. The van der Waals surface area contributed by atoms with Crippen molar-refractivity contribution >= 4 is 5.91 Å². The van der Waals surface area contributed by atoms with Gasteiger partial charge < -0.3 is 5.32 Å². The molecule has 2 unspecified atom stereocenters. The zero-order chi connectivity index (χ0) is 14.9. The monoisotopic (exact) mass is 282 g/mol. The molecule has 1 aromatic carbocycles. The second kappa shape index (κ2) is 5.52. The number of hydrogen-bond donors (Lipinski definition) is 1. The number of benzene rings is 1. The Morgan fingerprint density at radius 3 is 2.57 bits per heavy atom. The minimum Gasteiger partial charge on any atom is -0.338 e. The molecule has 3 rings (SSSR count). The predicted octanol–water partition coefficient (Wildman–Crippen LogP) is 3.38. The number of rotatable bonds is 3. The number of amides is 1. The number of nitrogens with one attached hydrogen (secondary N) is 1. The van der Waals surface area contributed by atoms with Crippen molar-refractivity contribution in [3.05, 3.63) is 35.9 Å². The first kappa shape index (κ1) is 14.1. The molecule has 0 radical (unpaired) electrons. The molecule has 0 aromatic heterocycles. The molecule has 1 aromatic rings. The van der Waals surface area contributed by atoms with Gasteiger partial charge in [-0.1, -0.05) is 37.3 Å². The molecule has 1 amide bonds. The molecule has 0 spiro atoms. The van der Waals surface area contributed by atoms with Crippen molar-refractivity contribution in [3.8, 4) is 6.07 Å². The van der Waals surface area contributed by atoms with Crippen LogP contribution in [-0.2, 0) is 4.79 Å². The normalized spacial score (nSPS) is 34.8. The number of nitriles is 1. The Balaban J connectivity index is 1.61. The maximum absolute atomic E-state index is 12.4. The van der Waals surface area contributed by atoms with Gasteiger partial charge in [-0.3, -0.25) is 4.79 Å². The molecule has 2 aliphatic rings. The zero-order valence-electron chi connectivity index (χ0n) is 12.5. The minimum absolute atomic E-state index is 0.0528. The van der Waals surface area contributed by atoms with E-state index in [1.165, 1.54) is 5.56 Å². The Morgan fingerprint density at radius 2 is 1.95 bits per heavy atom. The van der Waals surface area contributed by atoms with Gasteiger partial charge in [0.05, 0.1) is 6.07 Å². The highest BCUT2D eigenvalue weighted by atomic mass is 16.2. The van der Waals surface area contributed by atoms with Crippen LogP contribution in [0.2, 0.25) is 0 Å². The second-order valence-corrected chi connectivity index (χ2v) is 6.73. The molecular formula is C18H22N2O. The van der Waals surface area contributed by atoms with Crippen LogP contribution >= 0.6 is 0 Å². The summed E-state index contributed by atoms with van der Waals surface area (Å²) in [7, 11) is 0. The van der Waals surface area contributed by atoms with Crippen LogP contribution in [0.3, 0.4) is 0 Å². The molecule has 110 valence electrons. The molecule has 2 aliphatic carbocycles. The second-order valence-electron chi connectivity index (χ2n) is 6.73. The largest absolute Gasteiger partial charge is 0.338 e. The maximum atomic E-state index is 12.4. The van der Waals surface area contributed by atoms with Crippen molar-refractivity contribution in [2.75, 3.05) is 0 Å². The van der Waals surface area contributed by atoms with E-state index < -0.39 is 5.54 Å². The molecule has 2 fully saturated rings. The lowest BCUT2D eigenvalue weighted by molar-refractivity contribution is -0.124. The van der Waals surface area contributed by atoms with E-state index in [4.69, 9.17) is 0 Å². The van der Waals surface area contributed by atoms with Crippen molar-refractivity contribution in [1.82, 2.24) is 5.32 Å². The Kier molecular flexibility index (Phi) is 3.71. The van der Waals surface area contributed by atoms with E-state index >= 15 is 0 Å². The van der Waals surface area contributed by atoms with E-state index in [0.29, 0.717) is 11.8 Å². The molecule has 0 aliphatic heterocycles. The van der Waals surface area contributed by atoms with Crippen molar-refractivity contribution in [3.63, 3.8) is 0 Å². The Bertz CT molecular complexity index is 552. The van der Waals surface area contributed by atoms with Gasteiger partial charge in [-0.05, 0) is 49.5 Å². The van der Waals surface area contributed by atoms with Crippen LogP contribution in [0.5, 0.6) is 0 Å². The summed E-state index contributed by atoms with van der Waals surface area (Å²) < 4.78 is 0. The van der Waals surface area contributed by atoms with Crippen LogP contribution in [0.1, 0.15) is 50.5 Å². The topological polar surface area (TPSA) is 52.9 Å². The molecule has 0 saturated heterocycles. The van der Waals surface area contributed by atoms with Crippen molar-refractivity contribution in [2.45, 2.75) is 50.5 Å². The number of hydrogen-bond acceptors (Lipinski definition) is 2. The van der Waals surface area contributed by atoms with Crippen molar-refractivity contribution in [1.29, 1.82) is 5.26 Å². The number of carbonyl (C=O) groups excluding carboxylic acids is 1. The lowest BCUT2D eigenvalue weighted by atomic mass is 9.78. The molecule has 3 heteroatoms. The van der Waals surface area contributed by atoms with Crippen LogP contribution in [0.25, 0.3) is 0 Å². The fourth-order valence-corrected chi connectivity index (χ4v) is 3.40. The van der Waals surface area contributed by atoms with Crippen molar-refractivity contribution in [2.24, 2.45) is 11.8 Å². The van der Waals surface area contributed by atoms with Crippen LogP contribution in [-0.4, -0.2) is 11.4 Å². The molecular weight excluding hydrogens is 260 g/mol. The molecule has 2 atom stereocenters. The van der Waals surface area contributed by atoms with E-state index in [1.807, 2.05) is 18.2 Å². The first-order valence-corrected chi connectivity index (χ1v) is 7.92. The van der Waals surface area contributed by atoms with E-state index in [9.17, 15) is 10.1 Å². The lowest BCUT2D eigenvalue weighted by Gasteiger charge is -2.34. The summed E-state index contributed by atoms with van der Waals surface area (Å²) in [5, 5.41) is 12.6. The molecule has 2 saturated carbocycles. The number of nitrogens with zero attached hydrogens (tertiary/aromatic N) is 1. The summed E-state index contributed by atoms with van der Waals surface area (Å²) in [6, 6.07) is 12.6. The highest BCUT2D eigenvalue weighted by Crippen LogP contribution is 2.48. The van der Waals surface area contributed by atoms with Crippen molar-refractivity contribution < 1.29 is 4.79 Å². The average molecular weight is 282 g/mol. The van der Waals surface area contributed by atoms with Gasteiger partial charge in [-0.2, -0.15) is 5.26 Å². The van der Waals surface area contributed by atoms with Crippen LogP contribution in [0.15, 0.2) is 30.3 Å². The third kappa shape index (κ3) is 2.95. The first-order chi connectivity index (χ1) is 10.1. The van der Waals surface area contributed by atoms with Gasteiger partial charge in [0.2, 0.25) is 5.91 Å². The fourth-order valence-electron chi connectivity index (χ4n) is 3.40. The Labute approximate surface area is 126 Å². The standard InChI is InChI=1S/C18H22N2O/c1-13-7-9-18(12-19,10-8-13)20-17(21)16-11-15(16)14-5-3-2-4-6-14/h2-6,13,15-16H,7-11H2,1H3,(H,20,21). The van der Waals surface area contributed by atoms with E-state index in [2.05, 4.69) is 30.4 Å². The summed E-state index contributed by atoms with van der Waals surface area (Å²) in [6.07, 6.45) is 4.55. The van der Waals surface area contributed by atoms with Gasteiger partial charge >= 0.3 is 0 Å². The van der Waals surface area contributed by atoms with Crippen LogP contribution in [0.4, 0.5) is 0 Å². The molecule has 0 bridgehead atoms. The van der Waals surface area contributed by atoms with Gasteiger partial charge in [0.1, 0.15) is 5.54 Å². The summed E-state index contributed by atoms with van der Waals surface area (Å²) in [6.45, 7) is 2.22. The summed E-state index contributed by atoms with van der Waals surface area (Å²) in [5.41, 5.74) is 0.619. The average Bonchev–Trinajstić information content (AvgIpc) is 3.31. The third-order valence-corrected chi connectivity index (χ3v) is 5.06. The Morgan fingerprint density at radius 1 is 1.29 bits per heavy atom. The van der Waals surface area contributed by atoms with Gasteiger partial charge in [0, 0.05) is 5.92 Å². The minimum atomic E-state index is -0.618. The third-order valence-electron chi connectivity index (χ3n) is 5.06. The van der Waals surface area contributed by atoms with Gasteiger partial charge in [0.25, 0.3) is 0 Å². The van der Waals surface area contributed by atoms with Gasteiger partial charge in [-0.25, -0.2) is 0 Å². The highest BCUT2D eigenvalue weighted by molar-refractivity contribution is 5.84. The fraction of sp³-hybridized carbons (Fsp3) is 0.556. The SMILES string of the molecule is CC1CCC(C#N)(NC(=O)C2CC2c2ccccc2)CC1. The summed E-state index contributed by atoms with van der Waals surface area (Å²) >= 11 is 0. The highest BCUT2D eigenvalue weighted by Gasteiger charge is 2.46. The zero-order valence-corrected chi connectivity index (χ0v) is 12.5. The first-order valence-electron chi connectivity index (χ1n) is 7.92. The van der Waals surface area contributed by atoms with E-state index in [1.54, 1.807) is 0 Å². The summed E-state index contributed by atoms with van der Waals surface area (Å²) in [5.74, 6) is 1.13. The summed E-state index contributed by atoms with van der Waals surface area (Å²) in [4.78, 5) is 12.4. The van der Waals surface area contributed by atoms with Crippen LogP contribution in [0, 0.1) is 23.2 Å². The number of carbonyl (C=O) groups is 1. The maximum Gasteiger partial charge on any atom is 0.224 e. The smallest absolute Gasteiger partial charge is 0.224 e. The predicted molar refractivity (Wildman–Crippen MR) is 81.4 cm³/mol. The lowest BCUT2D eigenvalue weighted by Crippen LogP contribution is -2.50. The van der Waals surface area contributed by atoms with Gasteiger partial charge in [0.15, 0.2) is 0 Å². The van der Waals surface area contributed by atoms with E-state index in [-0.39, 0.29) is 11.8 Å². The van der Waals surface area contributed by atoms with Gasteiger partial charge in [-0.15, -0.1) is 0 Å². The van der Waals surface area contributed by atoms with Crippen LogP contribution < -0.4 is 5.32 Å². The quantitative estimate of drug-likeness (QED) is 0.924. The molecule has 3 nitrogen and oxygen atoms in total. The molecule has 0 heterocycles. The van der Waals surface area contributed by atoms with E-state index in [0.717, 1.165) is 32.1 Å².